The summed E-state index contributed by atoms with van der Waals surface area (Å²) in [5.74, 6) is -1.67. The summed E-state index contributed by atoms with van der Waals surface area (Å²) >= 11 is 0. The van der Waals surface area contributed by atoms with Crippen LogP contribution in [0.25, 0.3) is 0 Å². The van der Waals surface area contributed by atoms with Gasteiger partial charge in [-0.15, -0.1) is 5.73 Å². The van der Waals surface area contributed by atoms with Gasteiger partial charge < -0.3 is 20.4 Å². The van der Waals surface area contributed by atoms with E-state index in [9.17, 15) is 5.11 Å². The van der Waals surface area contributed by atoms with Crippen LogP contribution in [0.4, 0.5) is 0 Å². The molecule has 0 amide bonds. The summed E-state index contributed by atoms with van der Waals surface area (Å²) in [4.78, 5) is 18.0. The second-order valence-corrected chi connectivity index (χ2v) is 5.29. The van der Waals surface area contributed by atoms with Crippen LogP contribution < -0.4 is 0 Å². The Kier molecular flexibility index (Phi) is 24.3. The number of unbranched alkanes of at least 4 members (excludes halogenated alkanes) is 4. The fourth-order valence-electron chi connectivity index (χ4n) is 1.74. The maximum Gasteiger partial charge on any atom is 0.300 e. The van der Waals surface area contributed by atoms with E-state index in [0.29, 0.717) is 6.42 Å². The van der Waals surface area contributed by atoms with Crippen molar-refractivity contribution in [3.63, 3.8) is 0 Å². The van der Waals surface area contributed by atoms with E-state index in [-0.39, 0.29) is 6.61 Å². The van der Waals surface area contributed by atoms with Crippen LogP contribution in [-0.2, 0) is 9.59 Å². The van der Waals surface area contributed by atoms with Gasteiger partial charge in [0.05, 0.1) is 6.10 Å². The van der Waals surface area contributed by atoms with E-state index in [2.05, 4.69) is 19.2 Å². The summed E-state index contributed by atoms with van der Waals surface area (Å²) in [6.45, 7) is 8.20. The van der Waals surface area contributed by atoms with Gasteiger partial charge in [0, 0.05) is 20.5 Å². The number of hydrogen-bond acceptors (Lipinski definition) is 4. The summed E-state index contributed by atoms with van der Waals surface area (Å²) in [5, 5.41) is 33.4. The molecule has 0 aromatic carbocycles. The van der Waals surface area contributed by atoms with Gasteiger partial charge >= 0.3 is 0 Å². The van der Waals surface area contributed by atoms with Crippen molar-refractivity contribution in [3.05, 3.63) is 17.9 Å². The predicted octanol–water partition coefficient (Wildman–Crippen LogP) is 3.37. The zero-order valence-electron chi connectivity index (χ0n) is 15.3. The summed E-state index contributed by atoms with van der Waals surface area (Å²) in [6.07, 6.45) is 7.64. The molecule has 0 saturated carbocycles. The molecule has 0 rings (SSSR count). The highest BCUT2D eigenvalue weighted by Crippen LogP contribution is 2.16. The Labute approximate surface area is 145 Å². The third-order valence-electron chi connectivity index (χ3n) is 2.81. The molecule has 0 aliphatic heterocycles. The summed E-state index contributed by atoms with van der Waals surface area (Å²) < 4.78 is 0. The van der Waals surface area contributed by atoms with Gasteiger partial charge in [0.25, 0.3) is 11.9 Å². The molecule has 0 aliphatic carbocycles. The molecule has 6 heteroatoms. The second kappa shape index (κ2) is 21.4. The highest BCUT2D eigenvalue weighted by atomic mass is 16.4. The van der Waals surface area contributed by atoms with Crippen LogP contribution in [0.15, 0.2) is 17.9 Å². The lowest BCUT2D eigenvalue weighted by atomic mass is 9.99. The Morgan fingerprint density at radius 3 is 1.88 bits per heavy atom. The van der Waals surface area contributed by atoms with Crippen molar-refractivity contribution >= 4 is 11.9 Å². The van der Waals surface area contributed by atoms with Crippen LogP contribution >= 0.6 is 0 Å². The standard InChI is InChI=1S/C14H26O2.2C2H4O2/c1-3-5-6-7-10-13(4-2)14(16)11-8-9-12-15;2*1-2(3)4/h14-16H,2-3,5-12H2,1H3;2*1H3,(H,3,4). The Morgan fingerprint density at radius 2 is 1.50 bits per heavy atom. The number of hydrogen-bond donors (Lipinski definition) is 4. The highest BCUT2D eigenvalue weighted by Gasteiger charge is 2.09. The number of carboxylic acids is 2. The van der Waals surface area contributed by atoms with Crippen molar-refractivity contribution < 1.29 is 30.0 Å². The number of aliphatic hydroxyl groups excluding tert-OH is 2. The van der Waals surface area contributed by atoms with Gasteiger partial charge in [-0.05, 0) is 37.7 Å². The average molecular weight is 346 g/mol. The fraction of sp³-hybridized carbons (Fsp3) is 0.722. The molecule has 1 unspecified atom stereocenters. The second-order valence-electron chi connectivity index (χ2n) is 5.29. The molecule has 0 aromatic rings. The first kappa shape index (κ1) is 27.2. The minimum absolute atomic E-state index is 0.205. The van der Waals surface area contributed by atoms with Crippen molar-refractivity contribution in [3.8, 4) is 0 Å². The lowest BCUT2D eigenvalue weighted by molar-refractivity contribution is -0.135. The number of carboxylic acid groups (broad SMARTS) is 2. The third kappa shape index (κ3) is 32.4. The van der Waals surface area contributed by atoms with E-state index in [1.54, 1.807) is 0 Å². The monoisotopic (exact) mass is 346 g/mol. The summed E-state index contributed by atoms with van der Waals surface area (Å²) in [5.41, 5.74) is 3.80. The zero-order valence-corrected chi connectivity index (χ0v) is 15.3. The largest absolute Gasteiger partial charge is 0.481 e. The van der Waals surface area contributed by atoms with Gasteiger partial charge in [-0.1, -0.05) is 32.8 Å². The molecule has 1 atom stereocenters. The minimum Gasteiger partial charge on any atom is -0.481 e. The first-order valence-electron chi connectivity index (χ1n) is 8.29. The molecule has 0 heterocycles. The topological polar surface area (TPSA) is 115 Å². The number of aliphatic carboxylic acids is 2. The lowest BCUT2D eigenvalue weighted by Crippen LogP contribution is -2.10. The molecule has 142 valence electrons. The Hall–Kier alpha value is -1.62. The van der Waals surface area contributed by atoms with Crippen molar-refractivity contribution in [2.24, 2.45) is 0 Å². The number of aliphatic hydroxyl groups is 2. The molecule has 0 fully saturated rings. The number of rotatable bonds is 10. The summed E-state index contributed by atoms with van der Waals surface area (Å²) in [7, 11) is 0. The van der Waals surface area contributed by atoms with Crippen LogP contribution in [0.2, 0.25) is 0 Å². The van der Waals surface area contributed by atoms with E-state index in [1.807, 2.05) is 0 Å². The molecule has 0 aromatic heterocycles. The Bertz CT molecular complexity index is 339. The van der Waals surface area contributed by atoms with Crippen LogP contribution in [0, 0.1) is 0 Å². The summed E-state index contributed by atoms with van der Waals surface area (Å²) in [6, 6.07) is 0. The fourth-order valence-corrected chi connectivity index (χ4v) is 1.74. The molecule has 0 saturated heterocycles. The van der Waals surface area contributed by atoms with Gasteiger partial charge in [0.2, 0.25) is 0 Å². The van der Waals surface area contributed by atoms with E-state index < -0.39 is 18.0 Å². The minimum atomic E-state index is -0.833. The predicted molar refractivity (Wildman–Crippen MR) is 95.0 cm³/mol. The van der Waals surface area contributed by atoms with E-state index in [4.69, 9.17) is 24.9 Å². The molecule has 0 bridgehead atoms. The highest BCUT2D eigenvalue weighted by molar-refractivity contribution is 5.63. The molecule has 24 heavy (non-hydrogen) atoms. The quantitative estimate of drug-likeness (QED) is 0.356. The van der Waals surface area contributed by atoms with E-state index >= 15 is 0 Å². The molecular formula is C18H34O6. The van der Waals surface area contributed by atoms with Crippen LogP contribution in [0.1, 0.15) is 72.1 Å². The van der Waals surface area contributed by atoms with Crippen molar-refractivity contribution in [2.75, 3.05) is 6.61 Å². The first-order chi connectivity index (χ1) is 11.2. The molecular weight excluding hydrogens is 312 g/mol. The van der Waals surface area contributed by atoms with Gasteiger partial charge in [-0.25, -0.2) is 0 Å². The van der Waals surface area contributed by atoms with Gasteiger partial charge in [-0.2, -0.15) is 0 Å². The van der Waals surface area contributed by atoms with Gasteiger partial charge in [-0.3, -0.25) is 9.59 Å². The van der Waals surface area contributed by atoms with Crippen LogP contribution in [-0.4, -0.2) is 45.1 Å². The molecule has 0 radical (unpaired) electrons. The molecule has 0 spiro atoms. The van der Waals surface area contributed by atoms with Crippen LogP contribution in [0.3, 0.4) is 0 Å². The van der Waals surface area contributed by atoms with Crippen molar-refractivity contribution in [2.45, 2.75) is 78.2 Å². The van der Waals surface area contributed by atoms with Crippen molar-refractivity contribution in [1.82, 2.24) is 0 Å². The number of carbonyl (C=O) groups is 2. The van der Waals surface area contributed by atoms with Crippen LogP contribution in [0.5, 0.6) is 0 Å². The smallest absolute Gasteiger partial charge is 0.300 e. The first-order valence-corrected chi connectivity index (χ1v) is 8.29. The third-order valence-corrected chi connectivity index (χ3v) is 2.81. The average Bonchev–Trinajstić information content (AvgIpc) is 2.46. The SMILES string of the molecule is C=C=C(CCCCCC)C(O)CCCCO.CC(=O)O.CC(=O)O. The zero-order chi connectivity index (χ0) is 19.4. The molecule has 4 N–H and O–H groups in total. The lowest BCUT2D eigenvalue weighted by Gasteiger charge is -2.12. The molecule has 6 nitrogen and oxygen atoms in total. The maximum absolute atomic E-state index is 9.87. The van der Waals surface area contributed by atoms with Gasteiger partial charge in [0.15, 0.2) is 0 Å². The normalized spacial score (nSPS) is 10.2. The van der Waals surface area contributed by atoms with Gasteiger partial charge in [0.1, 0.15) is 0 Å². The Morgan fingerprint density at radius 1 is 1.00 bits per heavy atom. The maximum atomic E-state index is 9.87. The Balaban J connectivity index is -0.000000457. The van der Waals surface area contributed by atoms with E-state index in [0.717, 1.165) is 45.1 Å². The molecule has 0 aliphatic rings. The van der Waals surface area contributed by atoms with E-state index in [1.165, 1.54) is 19.3 Å². The van der Waals surface area contributed by atoms with Crippen molar-refractivity contribution in [1.29, 1.82) is 0 Å².